The quantitative estimate of drug-likeness (QED) is 0.794. The lowest BCUT2D eigenvalue weighted by Gasteiger charge is -2.43. The zero-order valence-corrected chi connectivity index (χ0v) is 12.5. The van der Waals surface area contributed by atoms with Gasteiger partial charge in [-0.25, -0.2) is 4.79 Å². The zero-order valence-electron chi connectivity index (χ0n) is 12.5. The van der Waals surface area contributed by atoms with E-state index in [1.165, 1.54) is 4.90 Å². The molecule has 5 nitrogen and oxygen atoms in total. The van der Waals surface area contributed by atoms with Crippen LogP contribution in [0.5, 0.6) is 0 Å². The second-order valence-corrected chi connectivity index (χ2v) is 5.80. The number of nitrogens with zero attached hydrogens (tertiary/aromatic N) is 1. The molecule has 0 aromatic carbocycles. The molecule has 2 N–H and O–H groups in total. The Labute approximate surface area is 115 Å². The minimum absolute atomic E-state index is 0.00796. The first kappa shape index (κ1) is 16.0. The minimum Gasteiger partial charge on any atom is -0.480 e. The van der Waals surface area contributed by atoms with E-state index in [0.717, 1.165) is 32.4 Å². The number of amides is 1. The smallest absolute Gasteiger partial charge is 0.329 e. The van der Waals surface area contributed by atoms with Crippen LogP contribution in [0.3, 0.4) is 0 Å². The van der Waals surface area contributed by atoms with Crippen molar-refractivity contribution in [3.8, 4) is 0 Å². The van der Waals surface area contributed by atoms with Gasteiger partial charge in [-0.15, -0.1) is 0 Å². The SMILES string of the molecule is CCN(C(=O)C1(CC)CCNCC1)C(C)(C)C(=O)O. The topological polar surface area (TPSA) is 69.6 Å². The van der Waals surface area contributed by atoms with E-state index < -0.39 is 16.9 Å². The molecule has 1 aliphatic rings. The first-order chi connectivity index (χ1) is 8.81. The lowest BCUT2D eigenvalue weighted by molar-refractivity contribution is -0.162. The molecule has 1 heterocycles. The van der Waals surface area contributed by atoms with E-state index in [4.69, 9.17) is 0 Å². The van der Waals surface area contributed by atoms with Crippen molar-refractivity contribution < 1.29 is 14.7 Å². The summed E-state index contributed by atoms with van der Waals surface area (Å²) in [5.41, 5.74) is -1.55. The molecule has 0 aromatic heterocycles. The van der Waals surface area contributed by atoms with Crippen LogP contribution in [0, 0.1) is 5.41 Å². The fraction of sp³-hybridized carbons (Fsp3) is 0.857. The standard InChI is InChI=1S/C14H26N2O3/c1-5-14(7-9-15-10-8-14)11(17)16(6-2)13(3,4)12(18)19/h15H,5-10H2,1-4H3,(H,18,19). The van der Waals surface area contributed by atoms with Gasteiger partial charge in [-0.3, -0.25) is 4.79 Å². The maximum Gasteiger partial charge on any atom is 0.329 e. The Morgan fingerprint density at radius 3 is 2.16 bits per heavy atom. The normalized spacial score (nSPS) is 18.9. The lowest BCUT2D eigenvalue weighted by atomic mass is 9.74. The average Bonchev–Trinajstić information content (AvgIpc) is 2.39. The van der Waals surface area contributed by atoms with Crippen LogP contribution in [0.1, 0.15) is 47.0 Å². The minimum atomic E-state index is -1.15. The van der Waals surface area contributed by atoms with Crippen molar-refractivity contribution >= 4 is 11.9 Å². The van der Waals surface area contributed by atoms with Crippen LogP contribution in [0.15, 0.2) is 0 Å². The number of likely N-dealkylation sites (N-methyl/N-ethyl adjacent to an activating group) is 1. The van der Waals surface area contributed by atoms with Crippen LogP contribution in [-0.2, 0) is 9.59 Å². The second-order valence-electron chi connectivity index (χ2n) is 5.80. The molecular formula is C14H26N2O3. The van der Waals surface area contributed by atoms with E-state index >= 15 is 0 Å². The Balaban J connectivity index is 3.03. The molecular weight excluding hydrogens is 244 g/mol. The monoisotopic (exact) mass is 270 g/mol. The molecule has 1 fully saturated rings. The molecule has 0 radical (unpaired) electrons. The highest BCUT2D eigenvalue weighted by Gasteiger charge is 2.46. The van der Waals surface area contributed by atoms with Gasteiger partial charge >= 0.3 is 5.97 Å². The summed E-state index contributed by atoms with van der Waals surface area (Å²) in [6, 6.07) is 0. The van der Waals surface area contributed by atoms with E-state index in [0.29, 0.717) is 6.54 Å². The summed E-state index contributed by atoms with van der Waals surface area (Å²) < 4.78 is 0. The van der Waals surface area contributed by atoms with Crippen LogP contribution in [0.25, 0.3) is 0 Å². The highest BCUT2D eigenvalue weighted by Crippen LogP contribution is 2.36. The third kappa shape index (κ3) is 2.91. The summed E-state index contributed by atoms with van der Waals surface area (Å²) in [6.45, 7) is 9.13. The van der Waals surface area contributed by atoms with Gasteiger partial charge in [0.25, 0.3) is 0 Å². The largest absolute Gasteiger partial charge is 0.480 e. The number of rotatable bonds is 5. The van der Waals surface area contributed by atoms with Gasteiger partial charge < -0.3 is 15.3 Å². The summed E-state index contributed by atoms with van der Waals surface area (Å²) >= 11 is 0. The molecule has 1 aliphatic heterocycles. The first-order valence-electron chi connectivity index (χ1n) is 7.08. The van der Waals surface area contributed by atoms with Crippen LogP contribution < -0.4 is 5.32 Å². The molecule has 5 heteroatoms. The Morgan fingerprint density at radius 2 is 1.79 bits per heavy atom. The maximum absolute atomic E-state index is 12.9. The Hall–Kier alpha value is -1.10. The first-order valence-corrected chi connectivity index (χ1v) is 7.08. The van der Waals surface area contributed by atoms with Crippen molar-refractivity contribution in [3.63, 3.8) is 0 Å². The highest BCUT2D eigenvalue weighted by atomic mass is 16.4. The van der Waals surface area contributed by atoms with E-state index in [-0.39, 0.29) is 5.91 Å². The number of hydrogen-bond donors (Lipinski definition) is 2. The molecule has 0 aliphatic carbocycles. The van der Waals surface area contributed by atoms with Gasteiger partial charge in [0.2, 0.25) is 5.91 Å². The third-order valence-electron chi connectivity index (χ3n) is 4.45. The summed E-state index contributed by atoms with van der Waals surface area (Å²) in [7, 11) is 0. The maximum atomic E-state index is 12.9. The van der Waals surface area contributed by atoms with Crippen molar-refractivity contribution in [2.45, 2.75) is 52.5 Å². The van der Waals surface area contributed by atoms with E-state index in [1.807, 2.05) is 13.8 Å². The van der Waals surface area contributed by atoms with E-state index in [2.05, 4.69) is 5.32 Å². The van der Waals surface area contributed by atoms with Crippen LogP contribution in [-0.4, -0.2) is 47.1 Å². The van der Waals surface area contributed by atoms with Gasteiger partial charge in [-0.1, -0.05) is 6.92 Å². The van der Waals surface area contributed by atoms with Crippen molar-refractivity contribution in [2.24, 2.45) is 5.41 Å². The fourth-order valence-corrected chi connectivity index (χ4v) is 2.82. The van der Waals surface area contributed by atoms with Crippen LogP contribution >= 0.6 is 0 Å². The Bertz CT molecular complexity index is 347. The summed E-state index contributed by atoms with van der Waals surface area (Å²) in [4.78, 5) is 25.8. The number of carbonyl (C=O) groups excluding carboxylic acids is 1. The van der Waals surface area contributed by atoms with Crippen molar-refractivity contribution in [1.82, 2.24) is 10.2 Å². The number of carbonyl (C=O) groups is 2. The molecule has 0 saturated carbocycles. The summed E-state index contributed by atoms with van der Waals surface area (Å²) in [6.07, 6.45) is 2.34. The molecule has 0 aromatic rings. The van der Waals surface area contributed by atoms with Crippen LogP contribution in [0.4, 0.5) is 0 Å². The van der Waals surface area contributed by atoms with Gasteiger partial charge in [0.1, 0.15) is 5.54 Å². The van der Waals surface area contributed by atoms with E-state index in [1.54, 1.807) is 13.8 Å². The summed E-state index contributed by atoms with van der Waals surface area (Å²) in [5.74, 6) is -0.964. The number of aliphatic carboxylic acids is 1. The summed E-state index contributed by atoms with van der Waals surface area (Å²) in [5, 5.41) is 12.6. The van der Waals surface area contributed by atoms with Gasteiger partial charge in [0.05, 0.1) is 5.41 Å². The Kier molecular flexibility index (Phi) is 4.96. The number of piperidine rings is 1. The lowest BCUT2D eigenvalue weighted by Crippen LogP contribution is -2.58. The highest BCUT2D eigenvalue weighted by molar-refractivity contribution is 5.89. The third-order valence-corrected chi connectivity index (χ3v) is 4.45. The van der Waals surface area contributed by atoms with E-state index in [9.17, 15) is 14.7 Å². The molecule has 1 saturated heterocycles. The van der Waals surface area contributed by atoms with Crippen molar-refractivity contribution in [2.75, 3.05) is 19.6 Å². The van der Waals surface area contributed by atoms with Crippen LogP contribution in [0.2, 0.25) is 0 Å². The number of carboxylic acids is 1. The molecule has 0 atom stereocenters. The van der Waals surface area contributed by atoms with Gasteiger partial charge in [0, 0.05) is 6.54 Å². The molecule has 0 unspecified atom stereocenters. The average molecular weight is 270 g/mol. The second kappa shape index (κ2) is 5.90. The number of nitrogens with one attached hydrogen (secondary N) is 1. The number of hydrogen-bond acceptors (Lipinski definition) is 3. The van der Waals surface area contributed by atoms with Crippen molar-refractivity contribution in [3.05, 3.63) is 0 Å². The molecule has 0 spiro atoms. The predicted molar refractivity (Wildman–Crippen MR) is 73.9 cm³/mol. The Morgan fingerprint density at radius 1 is 1.26 bits per heavy atom. The van der Waals surface area contributed by atoms with Gasteiger partial charge in [-0.05, 0) is 53.1 Å². The zero-order chi connectivity index (χ0) is 14.7. The fourth-order valence-electron chi connectivity index (χ4n) is 2.82. The molecule has 1 rings (SSSR count). The van der Waals surface area contributed by atoms with Crippen molar-refractivity contribution in [1.29, 1.82) is 0 Å². The molecule has 110 valence electrons. The predicted octanol–water partition coefficient (Wildman–Crippen LogP) is 1.48. The number of carboxylic acid groups (broad SMARTS) is 1. The van der Waals surface area contributed by atoms with Gasteiger partial charge in [-0.2, -0.15) is 0 Å². The van der Waals surface area contributed by atoms with Gasteiger partial charge in [0.15, 0.2) is 0 Å². The molecule has 1 amide bonds. The molecule has 19 heavy (non-hydrogen) atoms. The molecule has 0 bridgehead atoms.